The van der Waals surface area contributed by atoms with Gasteiger partial charge in [-0.15, -0.1) is 0 Å². The number of hydrogen-bond acceptors (Lipinski definition) is 3. The van der Waals surface area contributed by atoms with Crippen molar-refractivity contribution < 1.29 is 13.2 Å². The number of carbonyl (C=O) groups is 1. The molecule has 0 bridgehead atoms. The third kappa shape index (κ3) is 5.44. The first kappa shape index (κ1) is 19.7. The predicted molar refractivity (Wildman–Crippen MR) is 99.8 cm³/mol. The molecule has 0 saturated heterocycles. The topological polar surface area (TPSA) is 75.3 Å². The standard InChI is InChI=1S/C17H18Cl2N2O3S/c1-2-12-3-6-14(7-4-12)25(23,24)21-10-9-20-17(22)13-5-8-15(18)16(19)11-13/h3-8,11,21H,2,9-10H2,1H3,(H,20,22). The first-order valence-corrected chi connectivity index (χ1v) is 9.89. The van der Waals surface area contributed by atoms with Crippen molar-refractivity contribution in [3.05, 3.63) is 63.6 Å². The number of halogens is 2. The lowest BCUT2D eigenvalue weighted by Gasteiger charge is -2.09. The number of benzene rings is 2. The van der Waals surface area contributed by atoms with Crippen molar-refractivity contribution in [1.82, 2.24) is 10.0 Å². The first-order valence-electron chi connectivity index (χ1n) is 7.65. The van der Waals surface area contributed by atoms with E-state index in [-0.39, 0.29) is 28.9 Å². The van der Waals surface area contributed by atoms with E-state index in [1.165, 1.54) is 12.1 Å². The number of nitrogens with one attached hydrogen (secondary N) is 2. The molecule has 0 aliphatic rings. The molecule has 0 atom stereocenters. The Morgan fingerprint density at radius 1 is 1.00 bits per heavy atom. The summed E-state index contributed by atoms with van der Waals surface area (Å²) in [6, 6.07) is 11.2. The Kier molecular flexibility index (Phi) is 6.84. The van der Waals surface area contributed by atoms with E-state index in [9.17, 15) is 13.2 Å². The minimum Gasteiger partial charge on any atom is -0.351 e. The van der Waals surface area contributed by atoms with E-state index < -0.39 is 10.0 Å². The van der Waals surface area contributed by atoms with Gasteiger partial charge in [0.25, 0.3) is 5.91 Å². The average Bonchev–Trinajstić information content (AvgIpc) is 2.61. The molecular formula is C17H18Cl2N2O3S. The van der Waals surface area contributed by atoms with E-state index in [1.54, 1.807) is 30.3 Å². The van der Waals surface area contributed by atoms with E-state index in [2.05, 4.69) is 10.0 Å². The van der Waals surface area contributed by atoms with Crippen molar-refractivity contribution in [2.45, 2.75) is 18.2 Å². The molecule has 134 valence electrons. The fraction of sp³-hybridized carbons (Fsp3) is 0.235. The van der Waals surface area contributed by atoms with Crippen molar-refractivity contribution in [3.63, 3.8) is 0 Å². The van der Waals surface area contributed by atoms with Gasteiger partial charge in [0.2, 0.25) is 10.0 Å². The SMILES string of the molecule is CCc1ccc(S(=O)(=O)NCCNC(=O)c2ccc(Cl)c(Cl)c2)cc1. The number of sulfonamides is 1. The number of rotatable bonds is 7. The highest BCUT2D eigenvalue weighted by Crippen LogP contribution is 2.22. The zero-order valence-corrected chi connectivity index (χ0v) is 15.9. The van der Waals surface area contributed by atoms with Crippen molar-refractivity contribution in [1.29, 1.82) is 0 Å². The van der Waals surface area contributed by atoms with Crippen LogP contribution in [0.1, 0.15) is 22.8 Å². The van der Waals surface area contributed by atoms with Crippen LogP contribution in [-0.4, -0.2) is 27.4 Å². The fourth-order valence-electron chi connectivity index (χ4n) is 2.09. The number of aryl methyl sites for hydroxylation is 1. The first-order chi connectivity index (χ1) is 11.8. The summed E-state index contributed by atoms with van der Waals surface area (Å²) in [6.45, 7) is 2.22. The lowest BCUT2D eigenvalue weighted by atomic mass is 10.2. The van der Waals surface area contributed by atoms with E-state index in [0.29, 0.717) is 10.6 Å². The summed E-state index contributed by atoms with van der Waals surface area (Å²) in [7, 11) is -3.60. The summed E-state index contributed by atoms with van der Waals surface area (Å²) in [6.07, 6.45) is 0.842. The second-order valence-corrected chi connectivity index (χ2v) is 7.86. The lowest BCUT2D eigenvalue weighted by Crippen LogP contribution is -2.34. The van der Waals surface area contributed by atoms with Crippen molar-refractivity contribution in [2.24, 2.45) is 0 Å². The molecule has 0 unspecified atom stereocenters. The summed E-state index contributed by atoms with van der Waals surface area (Å²) in [5.41, 5.74) is 1.42. The number of carbonyl (C=O) groups excluding carboxylic acids is 1. The fourth-order valence-corrected chi connectivity index (χ4v) is 3.42. The van der Waals surface area contributed by atoms with Gasteiger partial charge in [0, 0.05) is 18.7 Å². The summed E-state index contributed by atoms with van der Waals surface area (Å²) < 4.78 is 26.8. The Hall–Kier alpha value is -1.60. The molecule has 2 rings (SSSR count). The zero-order valence-electron chi connectivity index (χ0n) is 13.6. The predicted octanol–water partition coefficient (Wildman–Crippen LogP) is 3.26. The minimum atomic E-state index is -3.60. The molecule has 25 heavy (non-hydrogen) atoms. The zero-order chi connectivity index (χ0) is 18.4. The van der Waals surface area contributed by atoms with Crippen LogP contribution in [0.25, 0.3) is 0 Å². The van der Waals surface area contributed by atoms with Crippen LogP contribution in [0, 0.1) is 0 Å². The van der Waals surface area contributed by atoms with Crippen LogP contribution < -0.4 is 10.0 Å². The van der Waals surface area contributed by atoms with Gasteiger partial charge in [0.1, 0.15) is 0 Å². The Bertz CT molecular complexity index is 853. The second-order valence-electron chi connectivity index (χ2n) is 5.28. The molecule has 2 N–H and O–H groups in total. The lowest BCUT2D eigenvalue weighted by molar-refractivity contribution is 0.0954. The van der Waals surface area contributed by atoms with Crippen molar-refractivity contribution in [3.8, 4) is 0 Å². The minimum absolute atomic E-state index is 0.0743. The molecule has 5 nitrogen and oxygen atoms in total. The van der Waals surface area contributed by atoms with Crippen LogP contribution in [0.2, 0.25) is 10.0 Å². The monoisotopic (exact) mass is 400 g/mol. The Morgan fingerprint density at radius 3 is 2.28 bits per heavy atom. The van der Waals surface area contributed by atoms with Crippen LogP contribution in [0.4, 0.5) is 0 Å². The van der Waals surface area contributed by atoms with Crippen LogP contribution >= 0.6 is 23.2 Å². The summed E-state index contributed by atoms with van der Waals surface area (Å²) in [4.78, 5) is 12.2. The third-order valence-electron chi connectivity index (χ3n) is 3.53. The molecule has 2 aromatic rings. The Morgan fingerprint density at radius 2 is 1.68 bits per heavy atom. The number of amides is 1. The van der Waals surface area contributed by atoms with Gasteiger partial charge in [-0.25, -0.2) is 13.1 Å². The van der Waals surface area contributed by atoms with E-state index in [4.69, 9.17) is 23.2 Å². The molecule has 0 aliphatic heterocycles. The highest BCUT2D eigenvalue weighted by molar-refractivity contribution is 7.89. The van der Waals surface area contributed by atoms with Gasteiger partial charge >= 0.3 is 0 Å². The van der Waals surface area contributed by atoms with Gasteiger partial charge < -0.3 is 5.32 Å². The van der Waals surface area contributed by atoms with E-state index >= 15 is 0 Å². The smallest absolute Gasteiger partial charge is 0.251 e. The molecule has 0 saturated carbocycles. The van der Waals surface area contributed by atoms with Crippen LogP contribution in [-0.2, 0) is 16.4 Å². The van der Waals surface area contributed by atoms with Gasteiger partial charge in [-0.2, -0.15) is 0 Å². The summed E-state index contributed by atoms with van der Waals surface area (Å²) in [5.74, 6) is -0.356. The van der Waals surface area contributed by atoms with E-state index in [1.807, 2.05) is 6.92 Å². The quantitative estimate of drug-likeness (QED) is 0.700. The second kappa shape index (κ2) is 8.67. The van der Waals surface area contributed by atoms with Crippen molar-refractivity contribution in [2.75, 3.05) is 13.1 Å². The molecule has 1 amide bonds. The average molecular weight is 401 g/mol. The summed E-state index contributed by atoms with van der Waals surface area (Å²) >= 11 is 11.7. The summed E-state index contributed by atoms with van der Waals surface area (Å²) in [5, 5.41) is 3.26. The van der Waals surface area contributed by atoms with Gasteiger partial charge in [-0.05, 0) is 42.3 Å². The third-order valence-corrected chi connectivity index (χ3v) is 5.74. The van der Waals surface area contributed by atoms with Crippen molar-refractivity contribution >= 4 is 39.1 Å². The van der Waals surface area contributed by atoms with Crippen LogP contribution in [0.15, 0.2) is 47.4 Å². The Labute approximate surface area is 157 Å². The largest absolute Gasteiger partial charge is 0.351 e. The van der Waals surface area contributed by atoms with Gasteiger partial charge in [0.05, 0.1) is 14.9 Å². The molecule has 0 fully saturated rings. The highest BCUT2D eigenvalue weighted by atomic mass is 35.5. The maximum atomic E-state index is 12.2. The van der Waals surface area contributed by atoms with Crippen LogP contribution in [0.3, 0.4) is 0 Å². The Balaban J connectivity index is 1.86. The number of hydrogen-bond donors (Lipinski definition) is 2. The molecule has 0 heterocycles. The highest BCUT2D eigenvalue weighted by Gasteiger charge is 2.13. The molecule has 0 radical (unpaired) electrons. The molecule has 0 spiro atoms. The molecule has 0 aliphatic carbocycles. The molecule has 2 aromatic carbocycles. The maximum Gasteiger partial charge on any atom is 0.251 e. The van der Waals surface area contributed by atoms with Gasteiger partial charge in [-0.3, -0.25) is 4.79 Å². The van der Waals surface area contributed by atoms with Crippen LogP contribution in [0.5, 0.6) is 0 Å². The molecule has 8 heteroatoms. The maximum absolute atomic E-state index is 12.2. The van der Waals surface area contributed by atoms with Gasteiger partial charge in [-0.1, -0.05) is 42.3 Å². The van der Waals surface area contributed by atoms with Gasteiger partial charge in [0.15, 0.2) is 0 Å². The molecule has 0 aromatic heterocycles. The normalized spacial score (nSPS) is 11.3. The van der Waals surface area contributed by atoms with E-state index in [0.717, 1.165) is 12.0 Å². The molecular weight excluding hydrogens is 383 g/mol.